The first-order valence-corrected chi connectivity index (χ1v) is 10.5. The van der Waals surface area contributed by atoms with E-state index in [1.54, 1.807) is 0 Å². The molecule has 1 atom stereocenters. The summed E-state index contributed by atoms with van der Waals surface area (Å²) < 4.78 is 16.8. The van der Waals surface area contributed by atoms with Crippen molar-refractivity contribution in [2.75, 3.05) is 46.6 Å². The molecule has 156 valence electrons. The standard InChI is InChI=1S/C22H34N2O4/c1-24(20-7-11-26-12-8-20)9-13-28-21-6-2-4-18(14-21)16-23-22(25)15-19-5-3-10-27-17-19/h2,4,6,14,19-20H,3,5,7-13,15-17H2,1H3,(H,23,25). The normalized spacial score (nSPS) is 20.9. The van der Waals surface area contributed by atoms with Gasteiger partial charge in [0, 0.05) is 52.0 Å². The summed E-state index contributed by atoms with van der Waals surface area (Å²) in [5.74, 6) is 1.31. The quantitative estimate of drug-likeness (QED) is 0.702. The SMILES string of the molecule is CN(CCOc1cccc(CNC(=O)CC2CCCOC2)c1)C1CCOCC1. The molecule has 0 spiro atoms. The van der Waals surface area contributed by atoms with Gasteiger partial charge in [-0.25, -0.2) is 0 Å². The number of carbonyl (C=O) groups excluding carboxylic acids is 1. The molecule has 1 aromatic rings. The fourth-order valence-electron chi connectivity index (χ4n) is 3.86. The Balaban J connectivity index is 1.36. The highest BCUT2D eigenvalue weighted by molar-refractivity contribution is 5.76. The first kappa shape index (κ1) is 21.1. The van der Waals surface area contributed by atoms with Crippen LogP contribution in [0.5, 0.6) is 5.75 Å². The molecule has 2 aliphatic heterocycles. The van der Waals surface area contributed by atoms with Crippen molar-refractivity contribution in [3.8, 4) is 5.75 Å². The highest BCUT2D eigenvalue weighted by Gasteiger charge is 2.18. The van der Waals surface area contributed by atoms with E-state index in [4.69, 9.17) is 14.2 Å². The summed E-state index contributed by atoms with van der Waals surface area (Å²) in [4.78, 5) is 14.5. The number of hydrogen-bond acceptors (Lipinski definition) is 5. The van der Waals surface area contributed by atoms with Gasteiger partial charge in [0.25, 0.3) is 0 Å². The van der Waals surface area contributed by atoms with Crippen LogP contribution in [0.15, 0.2) is 24.3 Å². The number of carbonyl (C=O) groups is 1. The van der Waals surface area contributed by atoms with Gasteiger partial charge >= 0.3 is 0 Å². The van der Waals surface area contributed by atoms with E-state index >= 15 is 0 Å². The molecule has 2 saturated heterocycles. The van der Waals surface area contributed by atoms with E-state index in [1.807, 2.05) is 24.3 Å². The molecular formula is C22H34N2O4. The zero-order valence-corrected chi connectivity index (χ0v) is 17.0. The van der Waals surface area contributed by atoms with Gasteiger partial charge in [-0.1, -0.05) is 12.1 Å². The third kappa shape index (κ3) is 7.08. The van der Waals surface area contributed by atoms with Crippen molar-refractivity contribution in [1.29, 1.82) is 0 Å². The van der Waals surface area contributed by atoms with Crippen molar-refractivity contribution >= 4 is 5.91 Å². The van der Waals surface area contributed by atoms with E-state index in [2.05, 4.69) is 17.3 Å². The molecule has 2 heterocycles. The van der Waals surface area contributed by atoms with Crippen LogP contribution in [0.1, 0.15) is 37.7 Å². The molecule has 0 radical (unpaired) electrons. The van der Waals surface area contributed by atoms with Gasteiger partial charge < -0.3 is 19.5 Å². The second kappa shape index (κ2) is 11.4. The molecule has 6 nitrogen and oxygen atoms in total. The maximum Gasteiger partial charge on any atom is 0.220 e. The molecule has 1 N–H and O–H groups in total. The maximum absolute atomic E-state index is 12.2. The summed E-state index contributed by atoms with van der Waals surface area (Å²) in [5.41, 5.74) is 1.06. The molecule has 2 fully saturated rings. The van der Waals surface area contributed by atoms with Gasteiger partial charge in [-0.15, -0.1) is 0 Å². The molecule has 3 rings (SSSR count). The molecule has 0 saturated carbocycles. The molecule has 6 heteroatoms. The van der Waals surface area contributed by atoms with E-state index in [0.29, 0.717) is 38.1 Å². The molecule has 0 bridgehead atoms. The van der Waals surface area contributed by atoms with E-state index < -0.39 is 0 Å². The van der Waals surface area contributed by atoms with Gasteiger partial charge in [-0.2, -0.15) is 0 Å². The maximum atomic E-state index is 12.2. The Bertz CT molecular complexity index is 598. The molecule has 0 aromatic heterocycles. The third-order valence-electron chi connectivity index (χ3n) is 5.64. The fraction of sp³-hybridized carbons (Fsp3) is 0.682. The minimum absolute atomic E-state index is 0.0971. The van der Waals surface area contributed by atoms with Crippen molar-refractivity contribution in [3.05, 3.63) is 29.8 Å². The summed E-state index contributed by atoms with van der Waals surface area (Å²) in [7, 11) is 2.16. The molecule has 1 unspecified atom stereocenters. The third-order valence-corrected chi connectivity index (χ3v) is 5.64. The number of nitrogens with one attached hydrogen (secondary N) is 1. The van der Waals surface area contributed by atoms with Gasteiger partial charge in [0.1, 0.15) is 12.4 Å². The second-order valence-electron chi connectivity index (χ2n) is 7.88. The average molecular weight is 391 g/mol. The van der Waals surface area contributed by atoms with Crippen LogP contribution in [0, 0.1) is 5.92 Å². The van der Waals surface area contributed by atoms with Gasteiger partial charge in [0.05, 0.1) is 0 Å². The lowest BCUT2D eigenvalue weighted by atomic mass is 9.98. The lowest BCUT2D eigenvalue weighted by Crippen LogP contribution is -2.38. The number of likely N-dealkylation sites (N-methyl/N-ethyl adjacent to an activating group) is 1. The number of hydrogen-bond donors (Lipinski definition) is 1. The van der Waals surface area contributed by atoms with Crippen molar-refractivity contribution in [2.45, 2.75) is 44.7 Å². The second-order valence-corrected chi connectivity index (χ2v) is 7.88. The van der Waals surface area contributed by atoms with Gasteiger partial charge in [0.15, 0.2) is 0 Å². The first-order valence-electron chi connectivity index (χ1n) is 10.5. The zero-order chi connectivity index (χ0) is 19.6. The molecule has 0 aliphatic carbocycles. The highest BCUT2D eigenvalue weighted by Crippen LogP contribution is 2.18. The summed E-state index contributed by atoms with van der Waals surface area (Å²) in [5, 5.41) is 3.02. The van der Waals surface area contributed by atoms with E-state index in [9.17, 15) is 4.79 Å². The van der Waals surface area contributed by atoms with Crippen molar-refractivity contribution in [3.63, 3.8) is 0 Å². The number of rotatable bonds is 9. The number of benzene rings is 1. The lowest BCUT2D eigenvalue weighted by Gasteiger charge is -2.31. The molecule has 28 heavy (non-hydrogen) atoms. The zero-order valence-electron chi connectivity index (χ0n) is 17.0. The van der Waals surface area contributed by atoms with Crippen LogP contribution in [0.25, 0.3) is 0 Å². The highest BCUT2D eigenvalue weighted by atomic mass is 16.5. The van der Waals surface area contributed by atoms with E-state index in [0.717, 1.165) is 63.4 Å². The Kier molecular flexibility index (Phi) is 8.58. The summed E-state index contributed by atoms with van der Waals surface area (Å²) >= 11 is 0. The number of ether oxygens (including phenoxy) is 3. The lowest BCUT2D eigenvalue weighted by molar-refractivity contribution is -0.123. The smallest absolute Gasteiger partial charge is 0.220 e. The van der Waals surface area contributed by atoms with Crippen LogP contribution in [-0.4, -0.2) is 63.5 Å². The van der Waals surface area contributed by atoms with Crippen LogP contribution < -0.4 is 10.1 Å². The minimum atomic E-state index is 0.0971. The Labute approximate surface area is 168 Å². The molecule has 2 aliphatic rings. The molecule has 1 aromatic carbocycles. The Morgan fingerprint density at radius 1 is 1.21 bits per heavy atom. The van der Waals surface area contributed by atoms with Crippen LogP contribution in [0.2, 0.25) is 0 Å². The topological polar surface area (TPSA) is 60.0 Å². The monoisotopic (exact) mass is 390 g/mol. The Morgan fingerprint density at radius 2 is 2.07 bits per heavy atom. The Morgan fingerprint density at radius 3 is 2.86 bits per heavy atom. The molecule has 1 amide bonds. The molecular weight excluding hydrogens is 356 g/mol. The van der Waals surface area contributed by atoms with E-state index in [1.165, 1.54) is 0 Å². The van der Waals surface area contributed by atoms with Gasteiger partial charge in [-0.3, -0.25) is 9.69 Å². The van der Waals surface area contributed by atoms with Gasteiger partial charge in [-0.05, 0) is 56.3 Å². The first-order chi connectivity index (χ1) is 13.7. The van der Waals surface area contributed by atoms with Crippen molar-refractivity contribution < 1.29 is 19.0 Å². The van der Waals surface area contributed by atoms with Crippen molar-refractivity contribution in [1.82, 2.24) is 10.2 Å². The summed E-state index contributed by atoms with van der Waals surface area (Å²) in [6, 6.07) is 8.57. The Hall–Kier alpha value is -1.63. The number of amides is 1. The fourth-order valence-corrected chi connectivity index (χ4v) is 3.86. The van der Waals surface area contributed by atoms with Crippen LogP contribution in [0.4, 0.5) is 0 Å². The predicted octanol–water partition coefficient (Wildman–Crippen LogP) is 2.61. The van der Waals surface area contributed by atoms with Crippen molar-refractivity contribution in [2.24, 2.45) is 5.92 Å². The average Bonchev–Trinajstić information content (AvgIpc) is 2.74. The van der Waals surface area contributed by atoms with Crippen LogP contribution in [0.3, 0.4) is 0 Å². The predicted molar refractivity (Wildman–Crippen MR) is 108 cm³/mol. The largest absolute Gasteiger partial charge is 0.492 e. The number of nitrogens with zero attached hydrogens (tertiary/aromatic N) is 1. The summed E-state index contributed by atoms with van der Waals surface area (Å²) in [6.45, 7) is 5.34. The summed E-state index contributed by atoms with van der Waals surface area (Å²) in [6.07, 6.45) is 4.88. The van der Waals surface area contributed by atoms with Crippen LogP contribution >= 0.6 is 0 Å². The van der Waals surface area contributed by atoms with Gasteiger partial charge in [0.2, 0.25) is 5.91 Å². The minimum Gasteiger partial charge on any atom is -0.492 e. The van der Waals surface area contributed by atoms with E-state index in [-0.39, 0.29) is 5.91 Å². The van der Waals surface area contributed by atoms with Crippen LogP contribution in [-0.2, 0) is 20.8 Å².